The lowest BCUT2D eigenvalue weighted by Crippen LogP contribution is -2.37. The molecule has 0 saturated carbocycles. The van der Waals surface area contributed by atoms with E-state index in [2.05, 4.69) is 9.71 Å². The molecule has 0 bridgehead atoms. The van der Waals surface area contributed by atoms with Crippen molar-refractivity contribution in [2.75, 3.05) is 0 Å². The Morgan fingerprint density at radius 2 is 2.00 bits per heavy atom. The molecule has 108 valence electrons. The fourth-order valence-corrected chi connectivity index (χ4v) is 3.27. The van der Waals surface area contributed by atoms with E-state index >= 15 is 0 Å². The van der Waals surface area contributed by atoms with Crippen molar-refractivity contribution in [2.45, 2.75) is 31.2 Å². The van der Waals surface area contributed by atoms with Crippen LogP contribution < -0.4 is 9.83 Å². The van der Waals surface area contributed by atoms with Gasteiger partial charge in [0.2, 0.25) is 0 Å². The van der Waals surface area contributed by atoms with Gasteiger partial charge >= 0.3 is 0 Å². The zero-order valence-corrected chi connectivity index (χ0v) is 12.0. The number of nitrogens with zero attached hydrogens (tertiary/aromatic N) is 1. The highest BCUT2D eigenvalue weighted by molar-refractivity contribution is 7.90. The number of carboxylic acids is 1. The summed E-state index contributed by atoms with van der Waals surface area (Å²) in [6.45, 7) is 3.73. The van der Waals surface area contributed by atoms with Crippen LogP contribution in [0.4, 0.5) is 0 Å². The zero-order chi connectivity index (χ0) is 14.9. The van der Waals surface area contributed by atoms with Gasteiger partial charge in [0.05, 0.1) is 16.9 Å². The normalized spacial score (nSPS) is 19.6. The molecule has 0 aliphatic carbocycles. The molecule has 0 amide bonds. The molecule has 6 nitrogen and oxygen atoms in total. The molecule has 1 aromatic rings. The maximum atomic E-state index is 11.9. The molecule has 1 heterocycles. The van der Waals surface area contributed by atoms with Gasteiger partial charge in [-0.2, -0.15) is 0 Å². The molecular weight excluding hydrogens is 280 g/mol. The lowest BCUT2D eigenvalue weighted by molar-refractivity contribution is -0.307. The van der Waals surface area contributed by atoms with Crippen LogP contribution in [0.25, 0.3) is 0 Å². The number of aliphatic imine (C=N–C) groups is 1. The van der Waals surface area contributed by atoms with Crippen LogP contribution in [0.15, 0.2) is 34.2 Å². The largest absolute Gasteiger partial charge is 0.548 e. The Bertz CT molecular complexity index is 665. The Hall–Kier alpha value is -1.89. The minimum atomic E-state index is -3.65. The summed E-state index contributed by atoms with van der Waals surface area (Å²) in [5, 5.41) is 11.1. The molecule has 7 heteroatoms. The van der Waals surface area contributed by atoms with Crippen molar-refractivity contribution in [1.82, 2.24) is 4.72 Å². The summed E-state index contributed by atoms with van der Waals surface area (Å²) in [7, 11) is -3.65. The van der Waals surface area contributed by atoms with Gasteiger partial charge < -0.3 is 9.90 Å². The first-order valence-electron chi connectivity index (χ1n) is 6.22. The second-order valence-electron chi connectivity index (χ2n) is 5.04. The molecule has 0 saturated heterocycles. The van der Waals surface area contributed by atoms with E-state index < -0.39 is 22.0 Å². The van der Waals surface area contributed by atoms with Crippen molar-refractivity contribution in [3.8, 4) is 0 Å². The van der Waals surface area contributed by atoms with Crippen LogP contribution >= 0.6 is 0 Å². The number of sulfonamides is 1. The molecule has 0 unspecified atom stereocenters. The first-order valence-corrected chi connectivity index (χ1v) is 7.70. The number of nitrogens with one attached hydrogen (secondary N) is 1. The van der Waals surface area contributed by atoms with Gasteiger partial charge in [0.15, 0.2) is 0 Å². The first kappa shape index (κ1) is 14.5. The third-order valence-electron chi connectivity index (χ3n) is 2.91. The summed E-state index contributed by atoms with van der Waals surface area (Å²) in [6, 6.07) is 5.25. The summed E-state index contributed by atoms with van der Waals surface area (Å²) in [5.41, 5.74) is 0.391. The van der Waals surface area contributed by atoms with Crippen LogP contribution in [0.1, 0.15) is 25.8 Å². The van der Waals surface area contributed by atoms with E-state index in [1.54, 1.807) is 18.2 Å². The average molecular weight is 295 g/mol. The molecule has 1 aliphatic heterocycles. The highest BCUT2D eigenvalue weighted by Gasteiger charge is 2.31. The number of benzene rings is 1. The molecular formula is C13H15N2O4S-. The number of carbonyl (C=O) groups excluding carboxylic acids is 1. The SMILES string of the molecule is CC(C)C[C@H](N=C1NS(=O)(=O)c2ccccc21)C(=O)[O-]. The predicted octanol–water partition coefficient (Wildman–Crippen LogP) is -0.110. The van der Waals surface area contributed by atoms with E-state index in [0.717, 1.165) is 0 Å². The number of carbonyl (C=O) groups is 1. The monoisotopic (exact) mass is 295 g/mol. The van der Waals surface area contributed by atoms with Crippen LogP contribution in [0.3, 0.4) is 0 Å². The third kappa shape index (κ3) is 2.82. The average Bonchev–Trinajstić information content (AvgIpc) is 2.60. The van der Waals surface area contributed by atoms with E-state index in [4.69, 9.17) is 0 Å². The van der Waals surface area contributed by atoms with Crippen molar-refractivity contribution >= 4 is 21.8 Å². The standard InChI is InChI=1S/C13H16N2O4S/c1-8(2)7-10(13(16)17)14-12-9-5-3-4-6-11(9)20(18,19)15-12/h3-6,8,10H,7H2,1-2H3,(H,14,15)(H,16,17)/p-1/t10-/m0/s1. The molecule has 0 fully saturated rings. The van der Waals surface area contributed by atoms with Crippen molar-refractivity contribution in [1.29, 1.82) is 0 Å². The summed E-state index contributed by atoms with van der Waals surface area (Å²) >= 11 is 0. The summed E-state index contributed by atoms with van der Waals surface area (Å²) in [6.07, 6.45) is 0.287. The van der Waals surface area contributed by atoms with Gasteiger partial charge in [-0.3, -0.25) is 9.71 Å². The highest BCUT2D eigenvalue weighted by atomic mass is 32.2. The maximum absolute atomic E-state index is 11.9. The number of carboxylic acid groups (broad SMARTS) is 1. The lowest BCUT2D eigenvalue weighted by atomic mass is 10.0. The Balaban J connectivity index is 2.43. The summed E-state index contributed by atoms with van der Waals surface area (Å²) < 4.78 is 26.0. The smallest absolute Gasteiger partial charge is 0.263 e. The fourth-order valence-electron chi connectivity index (χ4n) is 2.03. The van der Waals surface area contributed by atoms with E-state index in [1.165, 1.54) is 6.07 Å². The molecule has 0 aromatic heterocycles. The van der Waals surface area contributed by atoms with Gasteiger partial charge in [-0.1, -0.05) is 26.0 Å². The minimum absolute atomic E-state index is 0.0652. The lowest BCUT2D eigenvalue weighted by Gasteiger charge is -2.16. The Morgan fingerprint density at radius 3 is 2.60 bits per heavy atom. The van der Waals surface area contributed by atoms with Crippen molar-refractivity contribution in [3.63, 3.8) is 0 Å². The molecule has 1 atom stereocenters. The van der Waals surface area contributed by atoms with Crippen LogP contribution in [-0.2, 0) is 14.8 Å². The fraction of sp³-hybridized carbons (Fsp3) is 0.385. The van der Waals surface area contributed by atoms with Gasteiger partial charge in [-0.15, -0.1) is 0 Å². The van der Waals surface area contributed by atoms with Crippen molar-refractivity contribution in [3.05, 3.63) is 29.8 Å². The van der Waals surface area contributed by atoms with Gasteiger partial charge in [0.1, 0.15) is 5.84 Å². The second-order valence-corrected chi connectivity index (χ2v) is 6.69. The molecule has 2 rings (SSSR count). The Labute approximate surface area is 117 Å². The van der Waals surface area contributed by atoms with Crippen LogP contribution in [0.2, 0.25) is 0 Å². The Morgan fingerprint density at radius 1 is 1.35 bits per heavy atom. The summed E-state index contributed by atoms with van der Waals surface area (Å²) in [5.74, 6) is -1.14. The van der Waals surface area contributed by atoms with Crippen LogP contribution in [0.5, 0.6) is 0 Å². The van der Waals surface area contributed by atoms with E-state index in [1.807, 2.05) is 13.8 Å². The molecule has 1 aliphatic rings. The molecule has 20 heavy (non-hydrogen) atoms. The van der Waals surface area contributed by atoms with E-state index in [9.17, 15) is 18.3 Å². The topological polar surface area (TPSA) is 98.7 Å². The third-order valence-corrected chi connectivity index (χ3v) is 4.31. The van der Waals surface area contributed by atoms with Crippen molar-refractivity contribution < 1.29 is 18.3 Å². The molecule has 0 radical (unpaired) electrons. The number of rotatable bonds is 4. The maximum Gasteiger partial charge on any atom is 0.263 e. The predicted molar refractivity (Wildman–Crippen MR) is 71.6 cm³/mol. The van der Waals surface area contributed by atoms with Gasteiger partial charge in [0, 0.05) is 5.56 Å². The van der Waals surface area contributed by atoms with E-state index in [0.29, 0.717) is 5.56 Å². The van der Waals surface area contributed by atoms with Crippen LogP contribution in [0, 0.1) is 5.92 Å². The summed E-state index contributed by atoms with van der Waals surface area (Å²) in [4.78, 5) is 15.2. The van der Waals surface area contributed by atoms with Gasteiger partial charge in [-0.25, -0.2) is 8.42 Å². The number of hydrogen-bond acceptors (Lipinski definition) is 5. The van der Waals surface area contributed by atoms with Gasteiger partial charge in [0.25, 0.3) is 10.0 Å². The first-order chi connectivity index (χ1) is 9.31. The molecule has 1 aromatic carbocycles. The van der Waals surface area contributed by atoms with Gasteiger partial charge in [-0.05, 0) is 24.5 Å². The number of fused-ring (bicyclic) bond motifs is 1. The number of amidine groups is 1. The minimum Gasteiger partial charge on any atom is -0.548 e. The van der Waals surface area contributed by atoms with E-state index in [-0.39, 0.29) is 23.1 Å². The molecule has 0 spiro atoms. The molecule has 1 N–H and O–H groups in total. The quantitative estimate of drug-likeness (QED) is 0.837. The zero-order valence-electron chi connectivity index (χ0n) is 11.2. The van der Waals surface area contributed by atoms with Crippen molar-refractivity contribution in [2.24, 2.45) is 10.9 Å². The Kier molecular flexibility index (Phi) is 3.80. The number of hydrogen-bond donors (Lipinski definition) is 1. The highest BCUT2D eigenvalue weighted by Crippen LogP contribution is 2.23. The second kappa shape index (κ2) is 5.24. The van der Waals surface area contributed by atoms with Crippen LogP contribution in [-0.4, -0.2) is 26.3 Å². The number of aliphatic carboxylic acids is 1.